The van der Waals surface area contributed by atoms with Crippen LogP contribution >= 0.6 is 0 Å². The van der Waals surface area contributed by atoms with Crippen molar-refractivity contribution in [1.82, 2.24) is 16.0 Å². The molecule has 2 rings (SSSR count). The van der Waals surface area contributed by atoms with Crippen molar-refractivity contribution in [3.63, 3.8) is 0 Å². The van der Waals surface area contributed by atoms with E-state index < -0.39 is 0 Å². The lowest BCUT2D eigenvalue weighted by molar-refractivity contribution is 0.617. The number of nitrogens with one attached hydrogen (secondary N) is 3. The van der Waals surface area contributed by atoms with Gasteiger partial charge in [-0.15, -0.1) is 0 Å². The molecule has 4 nitrogen and oxygen atoms in total. The lowest BCUT2D eigenvalue weighted by atomic mass is 10.4. The quantitative estimate of drug-likeness (QED) is 0.436. The molecule has 3 N–H and O–H groups in total. The number of hydrogen-bond donors (Lipinski definition) is 3. The molecule has 0 bridgehead atoms. The van der Waals surface area contributed by atoms with Crippen LogP contribution in [0.3, 0.4) is 0 Å². The van der Waals surface area contributed by atoms with Crippen molar-refractivity contribution in [2.75, 3.05) is 13.1 Å². The van der Waals surface area contributed by atoms with E-state index in [0.29, 0.717) is 0 Å². The lowest BCUT2D eigenvalue weighted by Crippen LogP contribution is -2.38. The van der Waals surface area contributed by atoms with Gasteiger partial charge in [-0.25, -0.2) is 4.99 Å². The molecule has 0 fully saturated rings. The average molecular weight is 150 g/mol. The fraction of sp³-hybridized carbons (Fsp3) is 0.286. The zero-order chi connectivity index (χ0) is 7.52. The zero-order valence-corrected chi connectivity index (χ0v) is 6.09. The Morgan fingerprint density at radius 3 is 3.18 bits per heavy atom. The van der Waals surface area contributed by atoms with Crippen molar-refractivity contribution >= 4 is 6.21 Å². The highest BCUT2D eigenvalue weighted by molar-refractivity contribution is 5.72. The Morgan fingerprint density at radius 2 is 2.18 bits per heavy atom. The maximum atomic E-state index is 4.18. The van der Waals surface area contributed by atoms with Crippen LogP contribution in [-0.4, -0.2) is 19.3 Å². The van der Waals surface area contributed by atoms with E-state index in [4.69, 9.17) is 0 Å². The smallest absolute Gasteiger partial charge is 0.167 e. The molecule has 0 amide bonds. The van der Waals surface area contributed by atoms with Crippen LogP contribution in [-0.2, 0) is 0 Å². The van der Waals surface area contributed by atoms with Gasteiger partial charge >= 0.3 is 0 Å². The number of allylic oxidation sites excluding steroid dienone is 1. The fourth-order valence-electron chi connectivity index (χ4n) is 1.06. The first-order valence-corrected chi connectivity index (χ1v) is 3.64. The first-order valence-electron chi connectivity index (χ1n) is 3.64. The number of hydrogen-bond acceptors (Lipinski definition) is 4. The molecule has 0 saturated carbocycles. The van der Waals surface area contributed by atoms with Crippen molar-refractivity contribution in [2.45, 2.75) is 0 Å². The van der Waals surface area contributed by atoms with E-state index in [1.165, 1.54) is 0 Å². The number of nitrogens with zero attached hydrogens (tertiary/aromatic N) is 1. The molecule has 4 heteroatoms. The summed E-state index contributed by atoms with van der Waals surface area (Å²) in [5.41, 5.74) is 0. The van der Waals surface area contributed by atoms with Crippen molar-refractivity contribution in [1.29, 1.82) is 0 Å². The Morgan fingerprint density at radius 1 is 1.27 bits per heavy atom. The van der Waals surface area contributed by atoms with Gasteiger partial charge in [-0.3, -0.25) is 0 Å². The topological polar surface area (TPSA) is 48.5 Å². The molecule has 0 aromatic heterocycles. The highest BCUT2D eigenvalue weighted by Crippen LogP contribution is 2.01. The third-order valence-electron chi connectivity index (χ3n) is 1.57. The second kappa shape index (κ2) is 2.65. The Hall–Kier alpha value is -1.45. The normalized spacial score (nSPS) is 21.1. The summed E-state index contributed by atoms with van der Waals surface area (Å²) in [5.74, 6) is 1.85. The zero-order valence-electron chi connectivity index (χ0n) is 6.09. The molecule has 2 aliphatic rings. The molecule has 0 aliphatic carbocycles. The maximum absolute atomic E-state index is 4.18. The van der Waals surface area contributed by atoms with E-state index in [9.17, 15) is 0 Å². The molecule has 2 aliphatic heterocycles. The molecule has 11 heavy (non-hydrogen) atoms. The lowest BCUT2D eigenvalue weighted by Gasteiger charge is -2.19. The van der Waals surface area contributed by atoms with Gasteiger partial charge in [-0.1, -0.05) is 0 Å². The molecule has 0 aromatic rings. The summed E-state index contributed by atoms with van der Waals surface area (Å²) < 4.78 is 0. The van der Waals surface area contributed by atoms with Crippen LogP contribution in [0.4, 0.5) is 0 Å². The van der Waals surface area contributed by atoms with Crippen LogP contribution in [0.25, 0.3) is 0 Å². The molecule has 0 saturated heterocycles. The summed E-state index contributed by atoms with van der Waals surface area (Å²) in [5, 5.41) is 9.46. The average Bonchev–Trinajstić information content (AvgIpc) is 2.28. The van der Waals surface area contributed by atoms with Gasteiger partial charge in [-0.2, -0.15) is 0 Å². The highest BCUT2D eigenvalue weighted by atomic mass is 15.2. The third kappa shape index (κ3) is 1.19. The minimum Gasteiger partial charge on any atom is -0.367 e. The second-order valence-electron chi connectivity index (χ2n) is 2.36. The number of aliphatic imine (C=N–C) groups is 1. The Balaban J connectivity index is 2.26. The van der Waals surface area contributed by atoms with E-state index in [1.54, 1.807) is 6.21 Å². The van der Waals surface area contributed by atoms with Gasteiger partial charge in [0.05, 0.1) is 0 Å². The van der Waals surface area contributed by atoms with Crippen LogP contribution in [0.2, 0.25) is 0 Å². The predicted molar refractivity (Wildman–Crippen MR) is 43.8 cm³/mol. The second-order valence-corrected chi connectivity index (χ2v) is 2.36. The van der Waals surface area contributed by atoms with Crippen molar-refractivity contribution in [3.05, 3.63) is 23.9 Å². The summed E-state index contributed by atoms with van der Waals surface area (Å²) in [6.45, 7) is 1.87. The molecular weight excluding hydrogens is 140 g/mol. The summed E-state index contributed by atoms with van der Waals surface area (Å²) in [6, 6.07) is 0. The fourth-order valence-corrected chi connectivity index (χ4v) is 1.06. The van der Waals surface area contributed by atoms with Gasteiger partial charge in [0, 0.05) is 25.5 Å². The van der Waals surface area contributed by atoms with E-state index in [2.05, 4.69) is 20.9 Å². The van der Waals surface area contributed by atoms with Crippen LogP contribution < -0.4 is 16.0 Å². The van der Waals surface area contributed by atoms with E-state index in [0.717, 1.165) is 24.7 Å². The predicted octanol–water partition coefficient (Wildman–Crippen LogP) is -0.507. The molecule has 0 unspecified atom stereocenters. The van der Waals surface area contributed by atoms with E-state index in [-0.39, 0.29) is 0 Å². The third-order valence-corrected chi connectivity index (χ3v) is 1.57. The first kappa shape index (κ1) is 6.27. The highest BCUT2D eigenvalue weighted by Gasteiger charge is 2.09. The summed E-state index contributed by atoms with van der Waals surface area (Å²) in [4.78, 5) is 4.18. The molecule has 0 aromatic carbocycles. The van der Waals surface area contributed by atoms with Crippen molar-refractivity contribution in [2.24, 2.45) is 4.99 Å². The van der Waals surface area contributed by atoms with E-state index >= 15 is 0 Å². The standard InChI is InChI=1S/C7H10N4/c1-2-8-6-7(9-3-1)11-5-4-10-6/h1-3,8,10-11H,4-5H2. The van der Waals surface area contributed by atoms with Crippen LogP contribution in [0, 0.1) is 0 Å². The molecular formula is C7H10N4. The van der Waals surface area contributed by atoms with Crippen molar-refractivity contribution in [3.8, 4) is 0 Å². The summed E-state index contributed by atoms with van der Waals surface area (Å²) in [6.07, 6.45) is 5.48. The Bertz CT molecular complexity index is 239. The monoisotopic (exact) mass is 150 g/mol. The minimum atomic E-state index is 0.890. The molecule has 2 heterocycles. The molecule has 0 spiro atoms. The van der Waals surface area contributed by atoms with Gasteiger partial charge in [0.15, 0.2) is 5.82 Å². The van der Waals surface area contributed by atoms with Gasteiger partial charge in [0.25, 0.3) is 0 Å². The molecule has 0 radical (unpaired) electrons. The Labute approximate surface area is 65.1 Å². The summed E-state index contributed by atoms with van der Waals surface area (Å²) in [7, 11) is 0. The van der Waals surface area contributed by atoms with Crippen LogP contribution in [0.1, 0.15) is 0 Å². The van der Waals surface area contributed by atoms with Crippen molar-refractivity contribution < 1.29 is 0 Å². The first-order chi connectivity index (χ1) is 5.47. The molecule has 0 atom stereocenters. The van der Waals surface area contributed by atoms with Crippen LogP contribution in [0.15, 0.2) is 28.9 Å². The van der Waals surface area contributed by atoms with Gasteiger partial charge in [0.2, 0.25) is 0 Å². The maximum Gasteiger partial charge on any atom is 0.167 e. The van der Waals surface area contributed by atoms with Gasteiger partial charge < -0.3 is 16.0 Å². The number of rotatable bonds is 0. The summed E-state index contributed by atoms with van der Waals surface area (Å²) >= 11 is 0. The van der Waals surface area contributed by atoms with Gasteiger partial charge in [-0.05, 0) is 6.08 Å². The Kier molecular flexibility index (Phi) is 1.51. The SMILES string of the molecule is C1=CNC2=C(N=C1)NCCN2. The molecule has 58 valence electrons. The van der Waals surface area contributed by atoms with Crippen LogP contribution in [0.5, 0.6) is 0 Å². The van der Waals surface area contributed by atoms with E-state index in [1.807, 2.05) is 12.3 Å². The minimum absolute atomic E-state index is 0.890. The largest absolute Gasteiger partial charge is 0.367 e. The van der Waals surface area contributed by atoms with Gasteiger partial charge in [0.1, 0.15) is 5.82 Å².